The number of phosphoric ester groups is 1. The van der Waals surface area contributed by atoms with Gasteiger partial charge in [-0.3, -0.25) is 18.6 Å². The van der Waals surface area contributed by atoms with Crippen molar-refractivity contribution in [1.82, 2.24) is 4.90 Å². The summed E-state index contributed by atoms with van der Waals surface area (Å²) >= 11 is 0. The molecule has 8 nitrogen and oxygen atoms in total. The second-order valence-corrected chi connectivity index (χ2v) is 12.1. The minimum atomic E-state index is -4.06. The molecule has 2 atom stereocenters. The van der Waals surface area contributed by atoms with Gasteiger partial charge in [0.2, 0.25) is 0 Å². The fraction of sp³-hybridized carbons (Fsp3) is 0.257. The molecule has 0 bridgehead atoms. The average Bonchev–Trinajstić information content (AvgIpc) is 3.08. The SMILES string of the molecule is COC(=O)C(c1ccccc1)C1CCCCN1C(=O)c1ccc(OP(=O)(OCc2ccccc2)OCc2ccccc2)cc1. The van der Waals surface area contributed by atoms with E-state index in [0.29, 0.717) is 18.5 Å². The topological polar surface area (TPSA) is 91.4 Å². The van der Waals surface area contributed by atoms with Crippen LogP contribution in [0.5, 0.6) is 5.75 Å². The number of methoxy groups -OCH3 is 1. The number of piperidine rings is 1. The number of ether oxygens (including phenoxy) is 1. The van der Waals surface area contributed by atoms with E-state index in [1.807, 2.05) is 91.0 Å². The molecule has 1 saturated heterocycles. The van der Waals surface area contributed by atoms with Gasteiger partial charge in [0.05, 0.1) is 20.3 Å². The Bertz CT molecular complexity index is 1500. The predicted octanol–water partition coefficient (Wildman–Crippen LogP) is 7.56. The zero-order chi connectivity index (χ0) is 30.8. The van der Waals surface area contributed by atoms with Gasteiger partial charge in [-0.15, -0.1) is 0 Å². The van der Waals surface area contributed by atoms with Gasteiger partial charge in [-0.25, -0.2) is 4.57 Å². The summed E-state index contributed by atoms with van der Waals surface area (Å²) in [6.45, 7) is 0.586. The smallest absolute Gasteiger partial charge is 0.468 e. The molecule has 0 aromatic heterocycles. The normalized spacial score (nSPS) is 15.8. The van der Waals surface area contributed by atoms with Crippen LogP contribution in [0.25, 0.3) is 0 Å². The molecule has 0 spiro atoms. The van der Waals surface area contributed by atoms with Crippen LogP contribution in [0.2, 0.25) is 0 Å². The molecule has 9 heteroatoms. The third-order valence-corrected chi connectivity index (χ3v) is 8.92. The molecule has 1 aliphatic heterocycles. The van der Waals surface area contributed by atoms with Gasteiger partial charge in [0.15, 0.2) is 0 Å². The number of nitrogens with zero attached hydrogens (tertiary/aromatic N) is 1. The molecule has 1 fully saturated rings. The van der Waals surface area contributed by atoms with Crippen molar-refractivity contribution in [2.24, 2.45) is 0 Å². The van der Waals surface area contributed by atoms with Crippen LogP contribution in [0.4, 0.5) is 0 Å². The molecule has 2 unspecified atom stereocenters. The van der Waals surface area contributed by atoms with Crippen molar-refractivity contribution in [2.45, 2.75) is 44.4 Å². The molecular formula is C35H36NO7P. The summed E-state index contributed by atoms with van der Waals surface area (Å²) in [6.07, 6.45) is 2.43. The lowest BCUT2D eigenvalue weighted by atomic mass is 9.84. The Balaban J connectivity index is 1.32. The largest absolute Gasteiger partial charge is 0.530 e. The highest BCUT2D eigenvalue weighted by molar-refractivity contribution is 7.48. The Morgan fingerprint density at radius 2 is 1.32 bits per heavy atom. The zero-order valence-electron chi connectivity index (χ0n) is 24.6. The summed E-state index contributed by atoms with van der Waals surface area (Å²) in [5.41, 5.74) is 2.87. The number of phosphoric acid groups is 1. The van der Waals surface area contributed by atoms with E-state index in [-0.39, 0.29) is 36.9 Å². The van der Waals surface area contributed by atoms with E-state index in [1.54, 1.807) is 29.2 Å². The summed E-state index contributed by atoms with van der Waals surface area (Å²) in [4.78, 5) is 28.5. The molecule has 5 rings (SSSR count). The second-order valence-electron chi connectivity index (χ2n) is 10.6. The van der Waals surface area contributed by atoms with Crippen LogP contribution in [0.1, 0.15) is 52.2 Å². The highest BCUT2D eigenvalue weighted by Crippen LogP contribution is 2.51. The monoisotopic (exact) mass is 613 g/mol. The van der Waals surface area contributed by atoms with Crippen LogP contribution in [-0.2, 0) is 36.4 Å². The van der Waals surface area contributed by atoms with Crippen molar-refractivity contribution >= 4 is 19.7 Å². The summed E-state index contributed by atoms with van der Waals surface area (Å²) in [7, 11) is -2.68. The van der Waals surface area contributed by atoms with Gasteiger partial charge in [-0.05, 0) is 60.2 Å². The molecule has 0 aliphatic carbocycles. The Kier molecular flexibility index (Phi) is 10.6. The Hall–Kier alpha value is -4.23. The summed E-state index contributed by atoms with van der Waals surface area (Å²) in [6, 6.07) is 34.2. The first kappa shape index (κ1) is 31.2. The first-order valence-electron chi connectivity index (χ1n) is 14.7. The zero-order valence-corrected chi connectivity index (χ0v) is 25.5. The Morgan fingerprint density at radius 3 is 1.86 bits per heavy atom. The fourth-order valence-electron chi connectivity index (χ4n) is 5.36. The van der Waals surface area contributed by atoms with E-state index >= 15 is 0 Å². The minimum Gasteiger partial charge on any atom is -0.468 e. The number of esters is 1. The molecular weight excluding hydrogens is 577 g/mol. The number of rotatable bonds is 12. The van der Waals surface area contributed by atoms with Crippen LogP contribution in [0, 0.1) is 0 Å². The number of benzene rings is 4. The standard InChI is InChI=1S/C35H36NO7P/c1-40-35(38)33(29-17-9-4-10-18-29)32-19-11-12-24-36(32)34(37)30-20-22-31(23-21-30)43-44(39,41-25-27-13-5-2-6-14-27)42-26-28-15-7-3-8-16-28/h2-10,13-18,20-23,32-33H,11-12,19,24-26H2,1H3. The molecule has 1 amide bonds. The van der Waals surface area contributed by atoms with Crippen LogP contribution in [0.15, 0.2) is 115 Å². The lowest BCUT2D eigenvalue weighted by Gasteiger charge is -2.39. The molecule has 0 N–H and O–H groups in total. The number of hydrogen-bond acceptors (Lipinski definition) is 7. The van der Waals surface area contributed by atoms with E-state index in [9.17, 15) is 14.2 Å². The van der Waals surface area contributed by atoms with Gasteiger partial charge in [-0.2, -0.15) is 0 Å². The maximum atomic E-state index is 13.8. The number of carbonyl (C=O) groups excluding carboxylic acids is 2. The van der Waals surface area contributed by atoms with E-state index in [4.69, 9.17) is 18.3 Å². The summed E-state index contributed by atoms with van der Waals surface area (Å²) < 4.78 is 36.2. The highest BCUT2D eigenvalue weighted by Gasteiger charge is 2.39. The predicted molar refractivity (Wildman–Crippen MR) is 167 cm³/mol. The van der Waals surface area contributed by atoms with E-state index in [1.165, 1.54) is 7.11 Å². The highest BCUT2D eigenvalue weighted by atomic mass is 31.2. The average molecular weight is 614 g/mol. The van der Waals surface area contributed by atoms with Crippen molar-refractivity contribution < 1.29 is 32.5 Å². The molecule has 1 heterocycles. The van der Waals surface area contributed by atoms with Crippen molar-refractivity contribution in [3.8, 4) is 5.75 Å². The first-order valence-corrected chi connectivity index (χ1v) is 16.1. The molecule has 228 valence electrons. The van der Waals surface area contributed by atoms with Gasteiger partial charge < -0.3 is 14.2 Å². The minimum absolute atomic E-state index is 0.0304. The maximum absolute atomic E-state index is 13.8. The Labute approximate surface area is 258 Å². The fourth-order valence-corrected chi connectivity index (χ4v) is 6.53. The lowest BCUT2D eigenvalue weighted by molar-refractivity contribution is -0.144. The lowest BCUT2D eigenvalue weighted by Crippen LogP contribution is -2.48. The van der Waals surface area contributed by atoms with Gasteiger partial charge in [-0.1, -0.05) is 91.0 Å². The molecule has 4 aromatic carbocycles. The number of likely N-dealkylation sites (tertiary alicyclic amines) is 1. The van der Waals surface area contributed by atoms with E-state index < -0.39 is 13.7 Å². The van der Waals surface area contributed by atoms with Gasteiger partial charge in [0, 0.05) is 18.2 Å². The van der Waals surface area contributed by atoms with Crippen LogP contribution in [0.3, 0.4) is 0 Å². The van der Waals surface area contributed by atoms with Gasteiger partial charge >= 0.3 is 13.8 Å². The van der Waals surface area contributed by atoms with Crippen LogP contribution >= 0.6 is 7.82 Å². The van der Waals surface area contributed by atoms with Crippen LogP contribution < -0.4 is 4.52 Å². The molecule has 1 aliphatic rings. The maximum Gasteiger partial charge on any atom is 0.530 e. The van der Waals surface area contributed by atoms with Gasteiger partial charge in [0.1, 0.15) is 11.7 Å². The first-order chi connectivity index (χ1) is 21.5. The Morgan fingerprint density at radius 1 is 0.773 bits per heavy atom. The summed E-state index contributed by atoms with van der Waals surface area (Å²) in [5.74, 6) is -0.929. The number of hydrogen-bond donors (Lipinski definition) is 0. The molecule has 0 radical (unpaired) electrons. The van der Waals surface area contributed by atoms with Gasteiger partial charge in [0.25, 0.3) is 5.91 Å². The molecule has 4 aromatic rings. The van der Waals surface area contributed by atoms with Crippen molar-refractivity contribution in [2.75, 3.05) is 13.7 Å². The van der Waals surface area contributed by atoms with Crippen molar-refractivity contribution in [3.63, 3.8) is 0 Å². The van der Waals surface area contributed by atoms with Crippen molar-refractivity contribution in [1.29, 1.82) is 0 Å². The molecule has 0 saturated carbocycles. The summed E-state index contributed by atoms with van der Waals surface area (Å²) in [5, 5.41) is 0. The van der Waals surface area contributed by atoms with Crippen molar-refractivity contribution in [3.05, 3.63) is 138 Å². The second kappa shape index (κ2) is 15.0. The quantitative estimate of drug-likeness (QED) is 0.120. The van der Waals surface area contributed by atoms with E-state index in [2.05, 4.69) is 0 Å². The molecule has 44 heavy (non-hydrogen) atoms. The number of amides is 1. The third-order valence-electron chi connectivity index (χ3n) is 7.59. The van der Waals surface area contributed by atoms with E-state index in [0.717, 1.165) is 29.5 Å². The van der Waals surface area contributed by atoms with Crippen LogP contribution in [-0.4, -0.2) is 36.5 Å². The number of carbonyl (C=O) groups is 2. The third kappa shape index (κ3) is 8.03.